The highest BCUT2D eigenvalue weighted by atomic mass is 35.5. The van der Waals surface area contributed by atoms with Crippen molar-refractivity contribution in [2.75, 3.05) is 13.7 Å². The minimum absolute atomic E-state index is 0.0320. The summed E-state index contributed by atoms with van der Waals surface area (Å²) >= 11 is 5.84. The summed E-state index contributed by atoms with van der Waals surface area (Å²) in [4.78, 5) is 30.0. The van der Waals surface area contributed by atoms with Crippen molar-refractivity contribution >= 4 is 34.4 Å². The van der Waals surface area contributed by atoms with Crippen LogP contribution >= 0.6 is 11.6 Å². The van der Waals surface area contributed by atoms with Crippen LogP contribution in [0.25, 0.3) is 10.9 Å². The molecule has 0 N–H and O–H groups in total. The van der Waals surface area contributed by atoms with Crippen LogP contribution in [0, 0.1) is 0 Å². The molecule has 156 valence electrons. The molecule has 1 aromatic heterocycles. The van der Waals surface area contributed by atoms with Crippen molar-refractivity contribution in [3.05, 3.63) is 70.9 Å². The van der Waals surface area contributed by atoms with Crippen LogP contribution in [0.3, 0.4) is 0 Å². The first kappa shape index (κ1) is 21.4. The summed E-state index contributed by atoms with van der Waals surface area (Å²) in [6.45, 7) is -3.11. The van der Waals surface area contributed by atoms with Crippen LogP contribution in [0.5, 0.6) is 5.75 Å². The van der Waals surface area contributed by atoms with E-state index in [1.165, 1.54) is 17.0 Å². The molecule has 0 spiro atoms. The van der Waals surface area contributed by atoms with Gasteiger partial charge in [0.25, 0.3) is 5.91 Å². The van der Waals surface area contributed by atoms with Crippen molar-refractivity contribution in [3.63, 3.8) is 0 Å². The number of rotatable bonds is 7. The molecule has 0 aliphatic heterocycles. The Morgan fingerprint density at radius 1 is 1.10 bits per heavy atom. The highest BCUT2D eigenvalue weighted by molar-refractivity contribution is 6.29. The SMILES string of the molecule is CN(Cc1ccc(OC(F)F)cc1)C(=O)COC(=O)c1ccc2nc(Cl)ccc2c1. The predicted molar refractivity (Wildman–Crippen MR) is 107 cm³/mol. The summed E-state index contributed by atoms with van der Waals surface area (Å²) in [6.07, 6.45) is 0. The molecule has 0 saturated carbocycles. The average molecular weight is 435 g/mol. The average Bonchev–Trinajstić information content (AvgIpc) is 2.72. The maximum absolute atomic E-state index is 12.3. The molecule has 3 aromatic rings. The van der Waals surface area contributed by atoms with Crippen molar-refractivity contribution < 1.29 is 27.8 Å². The predicted octanol–water partition coefficient (Wildman–Crippen LogP) is 4.31. The molecule has 0 saturated heterocycles. The van der Waals surface area contributed by atoms with Gasteiger partial charge in [0.2, 0.25) is 0 Å². The van der Waals surface area contributed by atoms with E-state index in [0.717, 1.165) is 5.39 Å². The fourth-order valence-corrected chi connectivity index (χ4v) is 2.84. The van der Waals surface area contributed by atoms with E-state index < -0.39 is 25.1 Å². The topological polar surface area (TPSA) is 68.7 Å². The first-order valence-corrected chi connectivity index (χ1v) is 9.21. The smallest absolute Gasteiger partial charge is 0.387 e. The van der Waals surface area contributed by atoms with E-state index in [1.807, 2.05) is 0 Å². The largest absolute Gasteiger partial charge is 0.452 e. The Hall–Kier alpha value is -3.26. The van der Waals surface area contributed by atoms with Crippen molar-refractivity contribution in [2.24, 2.45) is 0 Å². The number of alkyl halides is 2. The quantitative estimate of drug-likeness (QED) is 0.409. The van der Waals surface area contributed by atoms with Gasteiger partial charge in [0, 0.05) is 19.0 Å². The summed E-state index contributed by atoms with van der Waals surface area (Å²) in [5, 5.41) is 1.07. The Morgan fingerprint density at radius 2 is 1.83 bits per heavy atom. The summed E-state index contributed by atoms with van der Waals surface area (Å²) in [7, 11) is 1.55. The van der Waals surface area contributed by atoms with Gasteiger partial charge in [-0.05, 0) is 48.0 Å². The minimum atomic E-state index is -2.90. The molecule has 30 heavy (non-hydrogen) atoms. The standard InChI is InChI=1S/C21H17ClF2N2O4/c1-26(11-13-2-6-16(7-3-13)30-21(23)24)19(27)12-29-20(28)15-4-8-17-14(10-15)5-9-18(22)25-17/h2-10,21H,11-12H2,1H3. The zero-order valence-corrected chi connectivity index (χ0v) is 16.6. The Bertz CT molecular complexity index is 1060. The maximum atomic E-state index is 12.3. The van der Waals surface area contributed by atoms with Gasteiger partial charge < -0.3 is 14.4 Å². The third kappa shape index (κ3) is 5.64. The Labute approximate surface area is 176 Å². The second-order valence-electron chi connectivity index (χ2n) is 6.39. The number of ether oxygens (including phenoxy) is 2. The molecule has 0 bridgehead atoms. The zero-order valence-electron chi connectivity index (χ0n) is 15.8. The van der Waals surface area contributed by atoms with Gasteiger partial charge in [-0.15, -0.1) is 0 Å². The number of halogens is 3. The van der Waals surface area contributed by atoms with Crippen LogP contribution in [0.1, 0.15) is 15.9 Å². The maximum Gasteiger partial charge on any atom is 0.387 e. The molecule has 0 aliphatic rings. The van der Waals surface area contributed by atoms with E-state index in [9.17, 15) is 18.4 Å². The molecule has 0 unspecified atom stereocenters. The lowest BCUT2D eigenvalue weighted by molar-refractivity contribution is -0.133. The van der Waals surface area contributed by atoms with Gasteiger partial charge in [-0.2, -0.15) is 8.78 Å². The van der Waals surface area contributed by atoms with Crippen molar-refractivity contribution in [2.45, 2.75) is 13.2 Å². The third-order valence-electron chi connectivity index (χ3n) is 4.21. The lowest BCUT2D eigenvalue weighted by Crippen LogP contribution is -2.30. The number of aromatic nitrogens is 1. The van der Waals surface area contributed by atoms with Crippen molar-refractivity contribution in [1.82, 2.24) is 9.88 Å². The van der Waals surface area contributed by atoms with Gasteiger partial charge in [0.1, 0.15) is 10.9 Å². The minimum Gasteiger partial charge on any atom is -0.452 e. The van der Waals surface area contributed by atoms with E-state index >= 15 is 0 Å². The number of esters is 1. The number of nitrogens with zero attached hydrogens (tertiary/aromatic N) is 2. The highest BCUT2D eigenvalue weighted by Crippen LogP contribution is 2.18. The molecular weight excluding hydrogens is 418 g/mol. The number of carbonyl (C=O) groups is 2. The van der Waals surface area contributed by atoms with E-state index in [-0.39, 0.29) is 17.9 Å². The fraction of sp³-hybridized carbons (Fsp3) is 0.190. The lowest BCUT2D eigenvalue weighted by atomic mass is 10.1. The fourth-order valence-electron chi connectivity index (χ4n) is 2.69. The normalized spacial score (nSPS) is 10.8. The summed E-state index contributed by atoms with van der Waals surface area (Å²) in [6, 6.07) is 14.1. The molecule has 6 nitrogen and oxygen atoms in total. The summed E-state index contributed by atoms with van der Waals surface area (Å²) in [5.74, 6) is -1.02. The number of carbonyl (C=O) groups excluding carboxylic acids is 2. The molecule has 0 radical (unpaired) electrons. The zero-order chi connectivity index (χ0) is 21.7. The number of hydrogen-bond acceptors (Lipinski definition) is 5. The van der Waals surface area contributed by atoms with Gasteiger partial charge >= 0.3 is 12.6 Å². The number of likely N-dealkylation sites (N-methyl/N-ethyl adjacent to an activating group) is 1. The first-order chi connectivity index (χ1) is 14.3. The van der Waals surface area contributed by atoms with Gasteiger partial charge in [-0.3, -0.25) is 4.79 Å². The molecule has 3 rings (SSSR count). The summed E-state index contributed by atoms with van der Waals surface area (Å²) < 4.78 is 33.7. The van der Waals surface area contributed by atoms with Crippen LogP contribution in [0.15, 0.2) is 54.6 Å². The van der Waals surface area contributed by atoms with Crippen molar-refractivity contribution in [3.8, 4) is 5.75 Å². The number of pyridine rings is 1. The molecule has 2 aromatic carbocycles. The lowest BCUT2D eigenvalue weighted by Gasteiger charge is -2.17. The van der Waals surface area contributed by atoms with Gasteiger partial charge in [-0.25, -0.2) is 9.78 Å². The number of benzene rings is 2. The Morgan fingerprint density at radius 3 is 2.53 bits per heavy atom. The van der Waals surface area contributed by atoms with Crippen LogP contribution in [-0.4, -0.2) is 42.0 Å². The molecule has 1 amide bonds. The third-order valence-corrected chi connectivity index (χ3v) is 4.42. The molecule has 0 fully saturated rings. The van der Waals surface area contributed by atoms with Crippen molar-refractivity contribution in [1.29, 1.82) is 0 Å². The Kier molecular flexibility index (Phi) is 6.79. The van der Waals surface area contributed by atoms with Crippen LogP contribution < -0.4 is 4.74 Å². The second kappa shape index (κ2) is 9.49. The molecule has 9 heteroatoms. The number of fused-ring (bicyclic) bond motifs is 1. The van der Waals surface area contributed by atoms with Crippen LogP contribution in [-0.2, 0) is 16.1 Å². The van der Waals surface area contributed by atoms with Gasteiger partial charge in [0.15, 0.2) is 6.61 Å². The van der Waals surface area contributed by atoms with Crippen LogP contribution in [0.2, 0.25) is 5.15 Å². The number of hydrogen-bond donors (Lipinski definition) is 0. The van der Waals surface area contributed by atoms with Gasteiger partial charge in [0.05, 0.1) is 11.1 Å². The molecular formula is C21H17ClF2N2O4. The number of amides is 1. The first-order valence-electron chi connectivity index (χ1n) is 8.83. The monoisotopic (exact) mass is 434 g/mol. The molecule has 1 heterocycles. The van der Waals surface area contributed by atoms with E-state index in [0.29, 0.717) is 16.2 Å². The second-order valence-corrected chi connectivity index (χ2v) is 6.78. The van der Waals surface area contributed by atoms with E-state index in [2.05, 4.69) is 9.72 Å². The Balaban J connectivity index is 1.54. The molecule has 0 atom stereocenters. The molecule has 0 aliphatic carbocycles. The van der Waals surface area contributed by atoms with E-state index in [4.69, 9.17) is 16.3 Å². The highest BCUT2D eigenvalue weighted by Gasteiger charge is 2.15. The van der Waals surface area contributed by atoms with Gasteiger partial charge in [-0.1, -0.05) is 23.7 Å². The van der Waals surface area contributed by atoms with Crippen LogP contribution in [0.4, 0.5) is 8.78 Å². The summed E-state index contributed by atoms with van der Waals surface area (Å²) in [5.41, 5.74) is 1.64. The van der Waals surface area contributed by atoms with E-state index in [1.54, 1.807) is 49.5 Å².